The molecule has 0 aromatic carbocycles. The van der Waals surface area contributed by atoms with Crippen molar-refractivity contribution in [3.8, 4) is 0 Å². The molecule has 0 aliphatic carbocycles. The van der Waals surface area contributed by atoms with Crippen molar-refractivity contribution in [1.82, 2.24) is 4.90 Å². The topological polar surface area (TPSA) is 29.3 Å². The molecule has 0 aliphatic rings. The van der Waals surface area contributed by atoms with E-state index in [1.165, 1.54) is 0 Å². The fourth-order valence-corrected chi connectivity index (χ4v) is 1.08. The van der Waals surface area contributed by atoms with Crippen LogP contribution in [0.4, 0.5) is 0 Å². The zero-order valence-electron chi connectivity index (χ0n) is 6.89. The van der Waals surface area contributed by atoms with Gasteiger partial charge < -0.3 is 10.6 Å². The van der Waals surface area contributed by atoms with Gasteiger partial charge in [0, 0.05) is 12.6 Å². The van der Waals surface area contributed by atoms with Gasteiger partial charge in [-0.1, -0.05) is 13.8 Å². The number of nitrogens with zero attached hydrogens (tertiary/aromatic N) is 1. The fourth-order valence-electron chi connectivity index (χ4n) is 1.08. The van der Waals surface area contributed by atoms with E-state index in [0.717, 1.165) is 6.54 Å². The molecule has 0 fully saturated rings. The molecule has 56 valence electrons. The first-order valence-electron chi connectivity index (χ1n) is 3.46. The maximum Gasteiger partial charge on any atom is 0.0235 e. The highest BCUT2D eigenvalue weighted by atomic mass is 15.1. The van der Waals surface area contributed by atoms with Crippen molar-refractivity contribution >= 4 is 0 Å². The fraction of sp³-hybridized carbons (Fsp3) is 1.00. The summed E-state index contributed by atoms with van der Waals surface area (Å²) in [6.07, 6.45) is 0. The van der Waals surface area contributed by atoms with E-state index in [1.54, 1.807) is 0 Å². The van der Waals surface area contributed by atoms with E-state index in [9.17, 15) is 0 Å². The van der Waals surface area contributed by atoms with Gasteiger partial charge in [-0.3, -0.25) is 0 Å². The monoisotopic (exact) mass is 130 g/mol. The SMILES string of the molecule is CC(C)[C@H](CN)N(C)C. The van der Waals surface area contributed by atoms with Gasteiger partial charge in [0.1, 0.15) is 0 Å². The Hall–Kier alpha value is -0.0800. The van der Waals surface area contributed by atoms with Gasteiger partial charge in [0.15, 0.2) is 0 Å². The van der Waals surface area contributed by atoms with E-state index in [0.29, 0.717) is 12.0 Å². The van der Waals surface area contributed by atoms with Crippen molar-refractivity contribution in [2.24, 2.45) is 11.7 Å². The van der Waals surface area contributed by atoms with Gasteiger partial charge in [-0.05, 0) is 20.0 Å². The zero-order valence-corrected chi connectivity index (χ0v) is 6.89. The van der Waals surface area contributed by atoms with Crippen LogP contribution in [0.15, 0.2) is 0 Å². The van der Waals surface area contributed by atoms with Gasteiger partial charge in [0.2, 0.25) is 0 Å². The van der Waals surface area contributed by atoms with Gasteiger partial charge in [0.05, 0.1) is 0 Å². The van der Waals surface area contributed by atoms with Gasteiger partial charge >= 0.3 is 0 Å². The van der Waals surface area contributed by atoms with Crippen LogP contribution in [0.25, 0.3) is 0 Å². The van der Waals surface area contributed by atoms with Crippen molar-refractivity contribution in [1.29, 1.82) is 0 Å². The lowest BCUT2D eigenvalue weighted by Crippen LogP contribution is -2.39. The number of hydrogen-bond acceptors (Lipinski definition) is 2. The zero-order chi connectivity index (χ0) is 7.44. The number of nitrogens with two attached hydrogens (primary N) is 1. The lowest BCUT2D eigenvalue weighted by atomic mass is 10.0. The molecule has 2 heteroatoms. The second kappa shape index (κ2) is 3.85. The lowest BCUT2D eigenvalue weighted by Gasteiger charge is -2.25. The third-order valence-corrected chi connectivity index (χ3v) is 1.67. The molecule has 0 saturated heterocycles. The number of hydrogen-bond donors (Lipinski definition) is 1. The second-order valence-corrected chi connectivity index (χ2v) is 3.01. The predicted molar refractivity (Wildman–Crippen MR) is 41.4 cm³/mol. The summed E-state index contributed by atoms with van der Waals surface area (Å²) in [5.74, 6) is 0.657. The Morgan fingerprint density at radius 3 is 1.78 bits per heavy atom. The molecule has 0 aromatic rings. The Morgan fingerprint density at radius 1 is 1.33 bits per heavy atom. The van der Waals surface area contributed by atoms with Crippen LogP contribution in [0.1, 0.15) is 13.8 Å². The summed E-state index contributed by atoms with van der Waals surface area (Å²) in [6.45, 7) is 5.14. The molecule has 0 amide bonds. The molecule has 0 rings (SSSR count). The summed E-state index contributed by atoms with van der Waals surface area (Å²) in [6, 6.07) is 0.532. The molecule has 2 nitrogen and oxygen atoms in total. The summed E-state index contributed by atoms with van der Waals surface area (Å²) >= 11 is 0. The Labute approximate surface area is 58.0 Å². The van der Waals surface area contributed by atoms with E-state index >= 15 is 0 Å². The lowest BCUT2D eigenvalue weighted by molar-refractivity contribution is 0.238. The third kappa shape index (κ3) is 2.82. The first-order chi connectivity index (χ1) is 4.09. The van der Waals surface area contributed by atoms with Crippen LogP contribution in [-0.4, -0.2) is 31.6 Å². The van der Waals surface area contributed by atoms with Gasteiger partial charge in [0.25, 0.3) is 0 Å². The van der Waals surface area contributed by atoms with Gasteiger partial charge in [-0.2, -0.15) is 0 Å². The predicted octanol–water partition coefficient (Wildman–Crippen LogP) is 0.531. The van der Waals surface area contributed by atoms with E-state index in [1.807, 2.05) is 0 Å². The minimum absolute atomic E-state index is 0.532. The summed E-state index contributed by atoms with van der Waals surface area (Å²) in [5.41, 5.74) is 5.53. The summed E-state index contributed by atoms with van der Waals surface area (Å²) in [5, 5.41) is 0. The number of rotatable bonds is 3. The molecule has 0 aromatic heterocycles. The van der Waals surface area contributed by atoms with E-state index in [-0.39, 0.29) is 0 Å². The van der Waals surface area contributed by atoms with Crippen LogP contribution in [0.2, 0.25) is 0 Å². The Bertz CT molecular complexity index is 61.3. The normalized spacial score (nSPS) is 15.0. The second-order valence-electron chi connectivity index (χ2n) is 3.01. The molecule has 0 unspecified atom stereocenters. The van der Waals surface area contributed by atoms with Crippen molar-refractivity contribution in [3.05, 3.63) is 0 Å². The molecular formula is C7H18N2. The van der Waals surface area contributed by atoms with Crippen LogP contribution in [-0.2, 0) is 0 Å². The standard InChI is InChI=1S/C7H18N2/c1-6(2)7(5-8)9(3)4/h6-7H,5,8H2,1-4H3/t7-/m0/s1. The third-order valence-electron chi connectivity index (χ3n) is 1.67. The summed E-state index contributed by atoms with van der Waals surface area (Å²) in [4.78, 5) is 2.17. The molecule has 0 spiro atoms. The van der Waals surface area contributed by atoms with E-state index in [2.05, 4.69) is 32.8 Å². The van der Waals surface area contributed by atoms with Crippen molar-refractivity contribution in [2.75, 3.05) is 20.6 Å². The maximum absolute atomic E-state index is 5.53. The van der Waals surface area contributed by atoms with Gasteiger partial charge in [-0.25, -0.2) is 0 Å². The van der Waals surface area contributed by atoms with E-state index in [4.69, 9.17) is 5.73 Å². The average Bonchev–Trinajstić information content (AvgIpc) is 1.64. The Morgan fingerprint density at radius 2 is 1.78 bits per heavy atom. The van der Waals surface area contributed by atoms with Crippen molar-refractivity contribution < 1.29 is 0 Å². The van der Waals surface area contributed by atoms with Crippen LogP contribution in [0.5, 0.6) is 0 Å². The highest BCUT2D eigenvalue weighted by molar-refractivity contribution is 4.69. The molecule has 9 heavy (non-hydrogen) atoms. The average molecular weight is 130 g/mol. The largest absolute Gasteiger partial charge is 0.329 e. The highest BCUT2D eigenvalue weighted by Crippen LogP contribution is 2.04. The molecule has 0 aliphatic heterocycles. The Balaban J connectivity index is 3.68. The van der Waals surface area contributed by atoms with E-state index < -0.39 is 0 Å². The highest BCUT2D eigenvalue weighted by Gasteiger charge is 2.12. The molecule has 0 heterocycles. The first kappa shape index (κ1) is 8.92. The van der Waals surface area contributed by atoms with Crippen LogP contribution >= 0.6 is 0 Å². The molecule has 2 N–H and O–H groups in total. The molecule has 0 radical (unpaired) electrons. The van der Waals surface area contributed by atoms with Crippen LogP contribution in [0.3, 0.4) is 0 Å². The minimum atomic E-state index is 0.532. The maximum atomic E-state index is 5.53. The molecule has 1 atom stereocenters. The minimum Gasteiger partial charge on any atom is -0.329 e. The first-order valence-corrected chi connectivity index (χ1v) is 3.46. The van der Waals surface area contributed by atoms with Crippen molar-refractivity contribution in [3.63, 3.8) is 0 Å². The quantitative estimate of drug-likeness (QED) is 0.604. The van der Waals surface area contributed by atoms with Crippen LogP contribution < -0.4 is 5.73 Å². The summed E-state index contributed by atoms with van der Waals surface area (Å²) < 4.78 is 0. The Kier molecular flexibility index (Phi) is 3.82. The van der Waals surface area contributed by atoms with Crippen molar-refractivity contribution in [2.45, 2.75) is 19.9 Å². The molecule has 0 bridgehead atoms. The molecular weight excluding hydrogens is 112 g/mol. The number of likely N-dealkylation sites (N-methyl/N-ethyl adjacent to an activating group) is 1. The van der Waals surface area contributed by atoms with Gasteiger partial charge in [-0.15, -0.1) is 0 Å². The van der Waals surface area contributed by atoms with Crippen LogP contribution in [0, 0.1) is 5.92 Å². The summed E-state index contributed by atoms with van der Waals surface area (Å²) in [7, 11) is 4.13. The molecule has 0 saturated carbocycles. The smallest absolute Gasteiger partial charge is 0.0235 e.